The highest BCUT2D eigenvalue weighted by molar-refractivity contribution is 6.69. The minimum absolute atomic E-state index is 0.0790. The SMILES string of the molecule is CC1(C)OB(c2c(Cl)c(Cl)cc3c2cnn3C2CCCCO2)OC1(C)C. The molecule has 0 aliphatic carbocycles. The summed E-state index contributed by atoms with van der Waals surface area (Å²) in [5, 5.41) is 6.36. The monoisotopic (exact) mass is 396 g/mol. The highest BCUT2D eigenvalue weighted by atomic mass is 35.5. The van der Waals surface area contributed by atoms with Crippen LogP contribution in [0.25, 0.3) is 10.9 Å². The molecule has 0 saturated carbocycles. The predicted molar refractivity (Wildman–Crippen MR) is 104 cm³/mol. The van der Waals surface area contributed by atoms with Crippen LogP contribution in [0.4, 0.5) is 0 Å². The largest absolute Gasteiger partial charge is 0.497 e. The molecular formula is C18H23BCl2N2O3. The third-order valence-corrected chi connectivity index (χ3v) is 6.55. The van der Waals surface area contributed by atoms with Crippen molar-refractivity contribution >= 4 is 46.7 Å². The molecule has 2 fully saturated rings. The van der Waals surface area contributed by atoms with Crippen LogP contribution in [0.3, 0.4) is 0 Å². The Morgan fingerprint density at radius 2 is 1.85 bits per heavy atom. The molecule has 0 bridgehead atoms. The number of halogens is 2. The fraction of sp³-hybridized carbons (Fsp3) is 0.611. The van der Waals surface area contributed by atoms with Gasteiger partial charge in [0.15, 0.2) is 6.23 Å². The van der Waals surface area contributed by atoms with Crippen molar-refractivity contribution < 1.29 is 14.0 Å². The standard InChI is InChI=1S/C18H23BCl2N2O3/c1-17(2)18(3,4)26-19(25-17)15-11-10-22-23(14-7-5-6-8-24-14)13(11)9-12(20)16(15)21/h9-10,14H,5-8H2,1-4H3. The van der Waals surface area contributed by atoms with E-state index in [2.05, 4.69) is 5.10 Å². The number of hydrogen-bond donors (Lipinski definition) is 0. The van der Waals surface area contributed by atoms with E-state index in [1.54, 1.807) is 6.20 Å². The fourth-order valence-corrected chi connectivity index (χ4v) is 3.94. The van der Waals surface area contributed by atoms with Crippen LogP contribution in [-0.4, -0.2) is 34.7 Å². The van der Waals surface area contributed by atoms with Crippen molar-refractivity contribution in [1.29, 1.82) is 0 Å². The number of benzene rings is 1. The van der Waals surface area contributed by atoms with Gasteiger partial charge < -0.3 is 14.0 Å². The molecule has 1 unspecified atom stereocenters. The first-order valence-corrected chi connectivity index (χ1v) is 9.79. The summed E-state index contributed by atoms with van der Waals surface area (Å²) in [6, 6.07) is 1.85. The smallest absolute Gasteiger partial charge is 0.399 e. The van der Waals surface area contributed by atoms with Crippen molar-refractivity contribution in [2.24, 2.45) is 0 Å². The lowest BCUT2D eigenvalue weighted by Gasteiger charge is -2.32. The number of ether oxygens (including phenoxy) is 1. The lowest BCUT2D eigenvalue weighted by atomic mass is 9.77. The van der Waals surface area contributed by atoms with Crippen LogP contribution in [0.15, 0.2) is 12.3 Å². The second-order valence-electron chi connectivity index (χ2n) is 8.02. The van der Waals surface area contributed by atoms with Crippen LogP contribution in [0.1, 0.15) is 53.2 Å². The molecule has 5 nitrogen and oxygen atoms in total. The van der Waals surface area contributed by atoms with Gasteiger partial charge in [0.05, 0.1) is 33.0 Å². The molecule has 2 saturated heterocycles. The summed E-state index contributed by atoms with van der Waals surface area (Å²) in [4.78, 5) is 0. The number of aromatic nitrogens is 2. The Morgan fingerprint density at radius 1 is 1.15 bits per heavy atom. The zero-order valence-corrected chi connectivity index (χ0v) is 17.0. The molecule has 0 N–H and O–H groups in total. The summed E-state index contributed by atoms with van der Waals surface area (Å²) in [5.74, 6) is 0. The highest BCUT2D eigenvalue weighted by Gasteiger charge is 2.53. The zero-order valence-electron chi connectivity index (χ0n) is 15.5. The Labute approximate surface area is 164 Å². The molecule has 0 radical (unpaired) electrons. The third-order valence-electron chi connectivity index (χ3n) is 5.75. The van der Waals surface area contributed by atoms with E-state index in [0.29, 0.717) is 10.0 Å². The predicted octanol–water partition coefficient (Wildman–Crippen LogP) is 4.34. The van der Waals surface area contributed by atoms with Gasteiger partial charge in [-0.15, -0.1) is 0 Å². The van der Waals surface area contributed by atoms with Crippen molar-refractivity contribution in [2.75, 3.05) is 6.61 Å². The summed E-state index contributed by atoms with van der Waals surface area (Å²) < 4.78 is 20.2. The van der Waals surface area contributed by atoms with Crippen molar-refractivity contribution in [2.45, 2.75) is 64.4 Å². The molecule has 4 rings (SSSR count). The molecular weight excluding hydrogens is 374 g/mol. The van der Waals surface area contributed by atoms with E-state index >= 15 is 0 Å². The first-order chi connectivity index (χ1) is 12.2. The minimum Gasteiger partial charge on any atom is -0.399 e. The van der Waals surface area contributed by atoms with Gasteiger partial charge >= 0.3 is 7.12 Å². The van der Waals surface area contributed by atoms with E-state index in [-0.39, 0.29) is 6.23 Å². The summed E-state index contributed by atoms with van der Waals surface area (Å²) in [7, 11) is -0.598. The summed E-state index contributed by atoms with van der Waals surface area (Å²) in [6.45, 7) is 8.81. The van der Waals surface area contributed by atoms with E-state index in [4.69, 9.17) is 37.2 Å². The van der Waals surface area contributed by atoms with Gasteiger partial charge in [-0.05, 0) is 53.0 Å². The van der Waals surface area contributed by atoms with Gasteiger partial charge in [-0.3, -0.25) is 0 Å². The van der Waals surface area contributed by atoms with Gasteiger partial charge in [-0.25, -0.2) is 4.68 Å². The Bertz CT molecular complexity index is 831. The maximum Gasteiger partial charge on any atom is 0.497 e. The maximum absolute atomic E-state index is 6.57. The number of hydrogen-bond acceptors (Lipinski definition) is 4. The van der Waals surface area contributed by atoms with Crippen molar-refractivity contribution in [3.63, 3.8) is 0 Å². The maximum atomic E-state index is 6.57. The molecule has 1 atom stereocenters. The first kappa shape index (κ1) is 18.6. The quantitative estimate of drug-likeness (QED) is 0.708. The van der Waals surface area contributed by atoms with Crippen LogP contribution in [0.2, 0.25) is 10.0 Å². The lowest BCUT2D eigenvalue weighted by Crippen LogP contribution is -2.41. The van der Waals surface area contributed by atoms with Gasteiger partial charge in [0.2, 0.25) is 0 Å². The van der Waals surface area contributed by atoms with Crippen LogP contribution in [-0.2, 0) is 14.0 Å². The summed E-state index contributed by atoms with van der Waals surface area (Å²) in [6.07, 6.45) is 4.86. The van der Waals surface area contributed by atoms with E-state index in [9.17, 15) is 0 Å². The van der Waals surface area contributed by atoms with Crippen molar-refractivity contribution in [3.05, 3.63) is 22.3 Å². The van der Waals surface area contributed by atoms with Gasteiger partial charge in [0.25, 0.3) is 0 Å². The molecule has 1 aromatic heterocycles. The van der Waals surface area contributed by atoms with Crippen LogP contribution >= 0.6 is 23.2 Å². The molecule has 3 heterocycles. The van der Waals surface area contributed by atoms with Crippen molar-refractivity contribution in [1.82, 2.24) is 9.78 Å². The fourth-order valence-electron chi connectivity index (χ4n) is 3.49. The Kier molecular flexibility index (Phi) is 4.56. The van der Waals surface area contributed by atoms with E-state index < -0.39 is 18.3 Å². The molecule has 2 aromatic rings. The highest BCUT2D eigenvalue weighted by Crippen LogP contribution is 2.39. The van der Waals surface area contributed by atoms with Crippen LogP contribution < -0.4 is 5.46 Å². The molecule has 26 heavy (non-hydrogen) atoms. The van der Waals surface area contributed by atoms with Crippen LogP contribution in [0, 0.1) is 0 Å². The molecule has 140 valence electrons. The van der Waals surface area contributed by atoms with Crippen LogP contribution in [0.5, 0.6) is 0 Å². The average molecular weight is 397 g/mol. The minimum atomic E-state index is -0.598. The van der Waals surface area contributed by atoms with Gasteiger partial charge in [-0.1, -0.05) is 23.2 Å². The third kappa shape index (κ3) is 2.87. The summed E-state index contributed by atoms with van der Waals surface area (Å²) in [5.41, 5.74) is 0.696. The Balaban J connectivity index is 1.82. The lowest BCUT2D eigenvalue weighted by molar-refractivity contribution is -0.0366. The second kappa shape index (κ2) is 6.38. The average Bonchev–Trinajstić information content (AvgIpc) is 3.07. The van der Waals surface area contributed by atoms with Gasteiger partial charge in [0.1, 0.15) is 0 Å². The molecule has 2 aliphatic rings. The van der Waals surface area contributed by atoms with Crippen molar-refractivity contribution in [3.8, 4) is 0 Å². The Morgan fingerprint density at radius 3 is 2.46 bits per heavy atom. The number of nitrogens with zero attached hydrogens (tertiary/aromatic N) is 2. The number of fused-ring (bicyclic) bond motifs is 1. The molecule has 1 aromatic carbocycles. The molecule has 8 heteroatoms. The van der Waals surface area contributed by atoms with E-state index in [1.807, 2.05) is 38.4 Å². The normalized spacial score (nSPS) is 25.2. The Hall–Kier alpha value is -0.785. The number of rotatable bonds is 2. The van der Waals surface area contributed by atoms with E-state index in [0.717, 1.165) is 42.2 Å². The molecule has 0 spiro atoms. The first-order valence-electron chi connectivity index (χ1n) is 9.03. The molecule has 0 amide bonds. The van der Waals surface area contributed by atoms with Gasteiger partial charge in [0, 0.05) is 17.5 Å². The molecule has 2 aliphatic heterocycles. The zero-order chi connectivity index (χ0) is 18.7. The topological polar surface area (TPSA) is 45.5 Å². The van der Waals surface area contributed by atoms with Gasteiger partial charge in [-0.2, -0.15) is 5.10 Å². The van der Waals surface area contributed by atoms with E-state index in [1.165, 1.54) is 0 Å². The summed E-state index contributed by atoms with van der Waals surface area (Å²) >= 11 is 13.0. The second-order valence-corrected chi connectivity index (χ2v) is 8.80.